The van der Waals surface area contributed by atoms with Crippen LogP contribution in [-0.4, -0.2) is 33.6 Å². The van der Waals surface area contributed by atoms with Crippen LogP contribution in [0.1, 0.15) is 88.1 Å². The minimum atomic E-state index is -1.06. The van der Waals surface area contributed by atoms with Crippen LogP contribution in [0, 0.1) is 43.7 Å². The molecule has 3 aromatic rings. The van der Waals surface area contributed by atoms with Gasteiger partial charge in [-0.3, -0.25) is 9.59 Å². The lowest BCUT2D eigenvalue weighted by atomic mass is 9.86. The van der Waals surface area contributed by atoms with Gasteiger partial charge in [0, 0.05) is 67.7 Å². The first-order valence-corrected chi connectivity index (χ1v) is 14.6. The van der Waals surface area contributed by atoms with Crippen molar-refractivity contribution in [3.05, 3.63) is 90.0 Å². The zero-order valence-electron chi connectivity index (χ0n) is 25.2. The molecule has 8 heteroatoms. The molecule has 3 aliphatic rings. The number of nitrogens with zero attached hydrogens (tertiary/aromatic N) is 1. The summed E-state index contributed by atoms with van der Waals surface area (Å²) in [6, 6.07) is 0. The Balaban J connectivity index is 1.78. The molecule has 1 aliphatic carbocycles. The number of ketones is 1. The number of ether oxygens (including phenoxy) is 1. The highest BCUT2D eigenvalue weighted by molar-refractivity contribution is 6.24. The van der Waals surface area contributed by atoms with Gasteiger partial charge < -0.3 is 30.0 Å². The lowest BCUT2D eigenvalue weighted by Gasteiger charge is -2.18. The summed E-state index contributed by atoms with van der Waals surface area (Å²) in [4.78, 5) is 34.2. The monoisotopic (exact) mass is 565 g/mol. The Labute approximate surface area is 245 Å². The van der Waals surface area contributed by atoms with Crippen molar-refractivity contribution in [2.45, 2.75) is 54.4 Å². The van der Waals surface area contributed by atoms with Crippen LogP contribution in [0.25, 0.3) is 29.9 Å². The van der Waals surface area contributed by atoms with E-state index in [1.54, 1.807) is 6.08 Å². The fourth-order valence-corrected chi connectivity index (χ4v) is 7.25. The highest BCUT2D eigenvalue weighted by Gasteiger charge is 2.48. The van der Waals surface area contributed by atoms with Gasteiger partial charge in [-0.05, 0) is 74.1 Å². The molecule has 5 heterocycles. The van der Waals surface area contributed by atoms with E-state index in [9.17, 15) is 14.8 Å². The molecule has 8 nitrogen and oxygen atoms in total. The van der Waals surface area contributed by atoms with Gasteiger partial charge in [-0.25, -0.2) is 0 Å². The number of carbonyl (C=O) groups excluding carboxylic acids is 2. The third kappa shape index (κ3) is 3.67. The molecule has 0 spiro atoms. The predicted molar refractivity (Wildman–Crippen MR) is 166 cm³/mol. The lowest BCUT2D eigenvalue weighted by molar-refractivity contribution is -0.141. The maximum Gasteiger partial charge on any atom is 0.321 e. The summed E-state index contributed by atoms with van der Waals surface area (Å²) >= 11 is 0. The van der Waals surface area contributed by atoms with Crippen LogP contribution in [0.15, 0.2) is 18.0 Å². The average molecular weight is 566 g/mol. The van der Waals surface area contributed by atoms with Crippen molar-refractivity contribution in [2.24, 2.45) is 17.8 Å². The van der Waals surface area contributed by atoms with Crippen molar-refractivity contribution in [3.63, 3.8) is 0 Å². The van der Waals surface area contributed by atoms with Crippen LogP contribution in [0.2, 0.25) is 0 Å². The largest absolute Gasteiger partial charge is 0.805 e. The Hall–Kier alpha value is -4.46. The molecule has 3 atom stereocenters. The van der Waals surface area contributed by atoms with Gasteiger partial charge in [0.15, 0.2) is 5.78 Å². The van der Waals surface area contributed by atoms with Crippen LogP contribution in [0.5, 0.6) is 0 Å². The topological polar surface area (TPSA) is 115 Å². The second-order valence-electron chi connectivity index (χ2n) is 11.6. The van der Waals surface area contributed by atoms with Gasteiger partial charge in [0.1, 0.15) is 5.92 Å². The summed E-state index contributed by atoms with van der Waals surface area (Å²) in [5.74, 6) is -1.88. The van der Waals surface area contributed by atoms with Gasteiger partial charge in [0.2, 0.25) is 0 Å². The number of carbonyl (C=O) groups is 2. The second-order valence-corrected chi connectivity index (χ2v) is 11.6. The van der Waals surface area contributed by atoms with E-state index >= 15 is 0 Å². The molecule has 0 saturated carbocycles. The van der Waals surface area contributed by atoms with Crippen LogP contribution in [0.4, 0.5) is 0 Å². The molecule has 218 valence electrons. The third-order valence-electron chi connectivity index (χ3n) is 9.64. The summed E-state index contributed by atoms with van der Waals surface area (Å²) in [5, 5.41) is 19.2. The number of hydrogen-bond acceptors (Lipinski definition) is 5. The molecule has 1 saturated heterocycles. The summed E-state index contributed by atoms with van der Waals surface area (Å²) in [6.45, 7) is 16.2. The highest BCUT2D eigenvalue weighted by Crippen LogP contribution is 2.48. The van der Waals surface area contributed by atoms with E-state index in [0.29, 0.717) is 28.2 Å². The van der Waals surface area contributed by atoms with Gasteiger partial charge in [0.05, 0.1) is 12.8 Å². The molecule has 42 heavy (non-hydrogen) atoms. The first-order chi connectivity index (χ1) is 20.1. The number of aromatic nitrogens is 3. The highest BCUT2D eigenvalue weighted by atomic mass is 16.5. The summed E-state index contributed by atoms with van der Waals surface area (Å²) in [5.41, 5.74) is 9.99. The average Bonchev–Trinajstić information content (AvgIpc) is 3.69. The molecule has 3 N–H and O–H groups in total. The molecular formula is C34H37N4O4-. The van der Waals surface area contributed by atoms with E-state index in [4.69, 9.17) is 4.74 Å². The van der Waals surface area contributed by atoms with Crippen LogP contribution < -0.4 is 16.0 Å². The molecule has 0 aromatic carbocycles. The fraction of sp³-hybridized carbons (Fsp3) is 0.353. The number of nitrogens with one attached hydrogen (secondary N) is 3. The standard InChI is InChI=1S/C34H37N4O4/c1-9-19-15(4)23-14-27-20(10-2)17(6)26(38(27)41)13-24-16(5)21(11-3)31(36-24)29-30(34(40)42-8)33(39)28-18(7)22(37-32(28)29)12-25(19)35-23/h10,12-14,16,21,30,35-37H,2,9,11H2,1,3-8H3/q-1/b23-14-,24-13-,25-12-,31-29-/t16-,21-,30+/m0/s1. The molecule has 3 aromatic heterocycles. The molecule has 0 radical (unpaired) electrons. The van der Waals surface area contributed by atoms with E-state index in [0.717, 1.165) is 73.2 Å². The molecule has 8 bridgehead atoms. The molecule has 0 amide bonds. The molecule has 0 unspecified atom stereocenters. The lowest BCUT2D eigenvalue weighted by Crippen LogP contribution is -2.25. The molecular weight excluding hydrogens is 528 g/mol. The third-order valence-corrected chi connectivity index (χ3v) is 9.64. The number of allylic oxidation sites excluding steroid dienone is 2. The van der Waals surface area contributed by atoms with Gasteiger partial charge in [0.25, 0.3) is 0 Å². The second kappa shape index (κ2) is 9.82. The minimum absolute atomic E-state index is 0.00374. The number of Topliss-reactive ketones (excluding diaryl/α,β-unsaturated/α-hetero) is 1. The van der Waals surface area contributed by atoms with Gasteiger partial charge >= 0.3 is 5.97 Å². The number of fused-ring (bicyclic) bond motifs is 7. The van der Waals surface area contributed by atoms with Crippen LogP contribution >= 0.6 is 0 Å². The Kier molecular flexibility index (Phi) is 6.48. The van der Waals surface area contributed by atoms with E-state index in [1.165, 1.54) is 7.11 Å². The first kappa shape index (κ1) is 27.7. The van der Waals surface area contributed by atoms with E-state index < -0.39 is 11.9 Å². The van der Waals surface area contributed by atoms with Crippen molar-refractivity contribution in [2.75, 3.05) is 7.11 Å². The van der Waals surface area contributed by atoms with Crippen molar-refractivity contribution < 1.29 is 14.3 Å². The minimum Gasteiger partial charge on any atom is -0.805 e. The number of H-pyrrole nitrogens is 2. The summed E-state index contributed by atoms with van der Waals surface area (Å²) < 4.78 is 6.14. The summed E-state index contributed by atoms with van der Waals surface area (Å²) in [6.07, 6.45) is 9.14. The van der Waals surface area contributed by atoms with Crippen molar-refractivity contribution in [3.8, 4) is 0 Å². The van der Waals surface area contributed by atoms with Gasteiger partial charge in [-0.15, -0.1) is 0 Å². The normalized spacial score (nSPS) is 25.3. The number of esters is 1. The predicted octanol–water partition coefficient (Wildman–Crippen LogP) is 4.60. The summed E-state index contributed by atoms with van der Waals surface area (Å²) in [7, 11) is 1.32. The van der Waals surface area contributed by atoms with Crippen LogP contribution in [0.3, 0.4) is 0 Å². The zero-order chi connectivity index (χ0) is 30.2. The molecule has 2 aliphatic heterocycles. The molecule has 1 fully saturated rings. The van der Waals surface area contributed by atoms with E-state index in [-0.39, 0.29) is 17.6 Å². The Bertz CT molecular complexity index is 1890. The number of rotatable bonds is 4. The van der Waals surface area contributed by atoms with Crippen molar-refractivity contribution in [1.29, 1.82) is 0 Å². The maximum atomic E-state index is 13.9. The smallest absolute Gasteiger partial charge is 0.321 e. The maximum absolute atomic E-state index is 13.9. The Morgan fingerprint density at radius 2 is 1.81 bits per heavy atom. The van der Waals surface area contributed by atoms with Gasteiger partial charge in [-0.1, -0.05) is 33.4 Å². The SMILES string of the molecule is C=Cc1c(C)c2n([O-])c1/C=c1\[nH]/c(c(CC)c1C)=C\c1[nH]c3c(c1C)C(=O)[C@H](C(=O)OC)/C3=C1/N/C(=C\2)[C@@H](C)[C@@H]1CC. The van der Waals surface area contributed by atoms with Crippen molar-refractivity contribution in [1.82, 2.24) is 20.0 Å². The van der Waals surface area contributed by atoms with Crippen molar-refractivity contribution >= 4 is 41.6 Å². The number of aromatic amines is 2. The zero-order valence-corrected chi connectivity index (χ0v) is 25.2. The Morgan fingerprint density at radius 3 is 2.45 bits per heavy atom. The van der Waals surface area contributed by atoms with E-state index in [1.807, 2.05) is 32.1 Å². The Morgan fingerprint density at radius 1 is 1.07 bits per heavy atom. The number of hydrogen-bond donors (Lipinski definition) is 3. The van der Waals surface area contributed by atoms with Gasteiger partial charge in [-0.2, -0.15) is 0 Å². The van der Waals surface area contributed by atoms with Crippen LogP contribution in [-0.2, 0) is 16.0 Å². The fourth-order valence-electron chi connectivity index (χ4n) is 7.25. The molecule has 6 rings (SSSR count). The van der Waals surface area contributed by atoms with E-state index in [2.05, 4.69) is 49.6 Å². The first-order valence-electron chi connectivity index (χ1n) is 14.6. The quantitative estimate of drug-likeness (QED) is 0.316. The number of methoxy groups -OCH3 is 1.